The smallest absolute Gasteiger partial charge is 0.470 e. The van der Waals surface area contributed by atoms with Crippen molar-refractivity contribution in [2.75, 3.05) is 0 Å². The standard InChI is InChI=1S/C6H18O24P6/c7-31(8,9)25-1-2(26-32(10,11)12)4(28-34(16,17)18)6(30-36(22,23)24)5(29-35(19,20)21)3(1)27-33(13,14)15/h1-6H,(H2,7,8,9)(H2,10,11,12)(H2,13,14,15)(H2,16,17,18)(H2,19,20,21)(H2,22,23,24)/p-4. The van der Waals surface area contributed by atoms with E-state index in [0.29, 0.717) is 0 Å². The third-order valence-electron chi connectivity index (χ3n) is 3.48. The summed E-state index contributed by atoms with van der Waals surface area (Å²) in [5.41, 5.74) is 0. The van der Waals surface area contributed by atoms with Crippen molar-refractivity contribution >= 4 is 46.9 Å². The summed E-state index contributed by atoms with van der Waals surface area (Å²) in [6.45, 7) is 0. The fraction of sp³-hybridized carbons (Fsp3) is 1.00. The predicted molar refractivity (Wildman–Crippen MR) is 92.6 cm³/mol. The molecule has 1 fully saturated rings. The van der Waals surface area contributed by atoms with Gasteiger partial charge in [0.1, 0.15) is 36.6 Å². The highest BCUT2D eigenvalue weighted by Gasteiger charge is 2.60. The van der Waals surface area contributed by atoms with Gasteiger partial charge in [0, 0.05) is 0 Å². The van der Waals surface area contributed by atoms with Crippen molar-refractivity contribution < 1.29 is 113 Å². The average Bonchev–Trinajstić information content (AvgIpc) is 2.51. The van der Waals surface area contributed by atoms with Crippen LogP contribution < -0.4 is 19.6 Å². The third-order valence-corrected chi connectivity index (χ3v) is 6.56. The van der Waals surface area contributed by atoms with Gasteiger partial charge in [-0.1, -0.05) is 0 Å². The van der Waals surface area contributed by atoms with E-state index in [1.165, 1.54) is 0 Å². The highest BCUT2D eigenvalue weighted by atomic mass is 31.2. The molecule has 8 N–H and O–H groups in total. The minimum atomic E-state index is -6.32. The first-order valence-corrected chi connectivity index (χ1v) is 17.0. The van der Waals surface area contributed by atoms with Crippen LogP contribution in [0.5, 0.6) is 0 Å². The summed E-state index contributed by atoms with van der Waals surface area (Å²) in [5, 5.41) is 0. The molecule has 36 heavy (non-hydrogen) atoms. The van der Waals surface area contributed by atoms with E-state index in [-0.39, 0.29) is 0 Å². The molecule has 1 aliphatic carbocycles. The molecular formula is C6H14O24P6-4. The summed E-state index contributed by atoms with van der Waals surface area (Å²) in [5.74, 6) is 0. The van der Waals surface area contributed by atoms with Crippen LogP contribution in [0.15, 0.2) is 0 Å². The lowest BCUT2D eigenvalue weighted by atomic mass is 9.85. The first-order valence-electron chi connectivity index (χ1n) is 7.94. The first kappa shape index (κ1) is 34.7. The van der Waals surface area contributed by atoms with Crippen molar-refractivity contribution in [3.8, 4) is 0 Å². The second kappa shape index (κ2) is 11.6. The molecule has 0 aromatic carbocycles. The minimum Gasteiger partial charge on any atom is -0.756 e. The van der Waals surface area contributed by atoms with E-state index in [2.05, 4.69) is 27.1 Å². The molecule has 1 aliphatic rings. The van der Waals surface area contributed by atoms with Gasteiger partial charge in [-0.3, -0.25) is 27.3 Å². The van der Waals surface area contributed by atoms with E-state index >= 15 is 0 Å². The lowest BCUT2D eigenvalue weighted by molar-refractivity contribution is -0.283. The van der Waals surface area contributed by atoms with Crippen molar-refractivity contribution in [1.82, 2.24) is 0 Å². The topological polar surface area (TPSA) is 412 Å². The Labute approximate surface area is 197 Å². The zero-order valence-corrected chi connectivity index (χ0v) is 21.6. The SMILES string of the molecule is O=P([O-])(O)OC1C(OP(=O)([O-])O)C(OP(=O)([O-])O)C(OP(=O)(O)O)C(OP(=O)(O)O)C1OP(=O)([O-])O. The van der Waals surface area contributed by atoms with Gasteiger partial charge in [-0.15, -0.1) is 0 Å². The van der Waals surface area contributed by atoms with Crippen molar-refractivity contribution in [3.05, 3.63) is 0 Å². The fourth-order valence-corrected chi connectivity index (χ4v) is 6.08. The molecule has 30 heteroatoms. The van der Waals surface area contributed by atoms with Crippen LogP contribution in [0.25, 0.3) is 0 Å². The molecular weight excluding hydrogens is 642 g/mol. The lowest BCUT2D eigenvalue weighted by Crippen LogP contribution is -2.67. The van der Waals surface area contributed by atoms with Crippen LogP contribution in [-0.2, 0) is 54.5 Å². The summed E-state index contributed by atoms with van der Waals surface area (Å²) in [6, 6.07) is 0. The van der Waals surface area contributed by atoms with Gasteiger partial charge < -0.3 is 76.8 Å². The number of hydrogen-bond donors (Lipinski definition) is 8. The molecule has 0 spiro atoms. The Hall–Kier alpha value is 0.660. The van der Waals surface area contributed by atoms with Gasteiger partial charge in [0.2, 0.25) is 0 Å². The summed E-state index contributed by atoms with van der Waals surface area (Å²) in [6.07, 6.45) is -19.7. The van der Waals surface area contributed by atoms with E-state index in [4.69, 9.17) is 39.1 Å². The second-order valence-electron chi connectivity index (χ2n) is 6.28. The van der Waals surface area contributed by atoms with Crippen LogP contribution in [-0.4, -0.2) is 75.8 Å². The van der Waals surface area contributed by atoms with E-state index in [1.807, 2.05) is 0 Å². The Morgan fingerprint density at radius 1 is 0.361 bits per heavy atom. The Morgan fingerprint density at radius 2 is 0.500 bits per heavy atom. The van der Waals surface area contributed by atoms with Crippen molar-refractivity contribution in [3.63, 3.8) is 0 Å². The molecule has 0 bridgehead atoms. The quantitative estimate of drug-likeness (QED) is 0.0907. The van der Waals surface area contributed by atoms with E-state index in [9.17, 15) is 47.0 Å². The first-order chi connectivity index (χ1) is 15.6. The van der Waals surface area contributed by atoms with Crippen LogP contribution in [0.1, 0.15) is 0 Å². The summed E-state index contributed by atoms with van der Waals surface area (Å²) in [7, 11) is -37.4. The number of hydrogen-bond acceptors (Lipinski definition) is 16. The van der Waals surface area contributed by atoms with Gasteiger partial charge in [0.15, 0.2) is 0 Å². The van der Waals surface area contributed by atoms with Gasteiger partial charge in [-0.2, -0.15) is 0 Å². The third kappa shape index (κ3) is 13.1. The highest BCUT2D eigenvalue weighted by Crippen LogP contribution is 2.55. The van der Waals surface area contributed by atoms with E-state index in [1.54, 1.807) is 0 Å². The monoisotopic (exact) mass is 656 g/mol. The van der Waals surface area contributed by atoms with E-state index in [0.717, 1.165) is 0 Å². The molecule has 10 atom stereocenters. The van der Waals surface area contributed by atoms with Gasteiger partial charge in [-0.05, 0) is 0 Å². The zero-order valence-electron chi connectivity index (χ0n) is 16.3. The molecule has 0 aromatic rings. The predicted octanol–water partition coefficient (Wildman–Crippen LogP) is -5.66. The lowest BCUT2D eigenvalue weighted by Gasteiger charge is -2.50. The number of rotatable bonds is 12. The largest absolute Gasteiger partial charge is 0.756 e. The van der Waals surface area contributed by atoms with E-state index < -0.39 is 83.6 Å². The van der Waals surface area contributed by atoms with Crippen LogP contribution >= 0.6 is 46.9 Å². The highest BCUT2D eigenvalue weighted by molar-refractivity contribution is 7.47. The Kier molecular flexibility index (Phi) is 11.2. The summed E-state index contributed by atoms with van der Waals surface area (Å²) < 4.78 is 91.5. The molecule has 1 rings (SSSR count). The molecule has 0 heterocycles. The van der Waals surface area contributed by atoms with Crippen molar-refractivity contribution in [1.29, 1.82) is 0 Å². The normalized spacial score (nSPS) is 34.7. The van der Waals surface area contributed by atoms with Gasteiger partial charge in [-0.25, -0.2) is 9.13 Å². The van der Waals surface area contributed by atoms with Crippen LogP contribution in [0, 0.1) is 0 Å². The zero-order chi connectivity index (χ0) is 28.7. The Bertz CT molecular complexity index is 818. The van der Waals surface area contributed by atoms with Crippen molar-refractivity contribution in [2.24, 2.45) is 0 Å². The molecule has 0 amide bonds. The average molecular weight is 656 g/mol. The summed E-state index contributed by atoms with van der Waals surface area (Å²) in [4.78, 5) is 117. The molecule has 0 saturated heterocycles. The van der Waals surface area contributed by atoms with Gasteiger partial charge in [0.25, 0.3) is 31.3 Å². The molecule has 0 radical (unpaired) electrons. The minimum absolute atomic E-state index is 3.26. The van der Waals surface area contributed by atoms with Crippen LogP contribution in [0.4, 0.5) is 0 Å². The van der Waals surface area contributed by atoms with Crippen molar-refractivity contribution in [2.45, 2.75) is 36.6 Å². The Morgan fingerprint density at radius 3 is 0.611 bits per heavy atom. The second-order valence-corrected chi connectivity index (χ2v) is 13.3. The molecule has 0 aromatic heterocycles. The number of phosphoric ester groups is 6. The molecule has 216 valence electrons. The number of phosphoric acid groups is 6. The Balaban J connectivity index is 4.04. The fourth-order valence-electron chi connectivity index (χ4n) is 2.77. The van der Waals surface area contributed by atoms with Crippen LogP contribution in [0.3, 0.4) is 0 Å². The maximum absolute atomic E-state index is 11.4. The molecule has 10 unspecified atom stereocenters. The molecule has 0 aliphatic heterocycles. The van der Waals surface area contributed by atoms with Gasteiger partial charge >= 0.3 is 15.6 Å². The van der Waals surface area contributed by atoms with Crippen LogP contribution in [0.2, 0.25) is 0 Å². The maximum Gasteiger partial charge on any atom is 0.470 e. The van der Waals surface area contributed by atoms with Gasteiger partial charge in [0.05, 0.1) is 0 Å². The summed E-state index contributed by atoms with van der Waals surface area (Å²) >= 11 is 0. The molecule has 1 saturated carbocycles. The maximum atomic E-state index is 11.4. The molecule has 24 nitrogen and oxygen atoms in total.